The van der Waals surface area contributed by atoms with Crippen LogP contribution in [0.1, 0.15) is 60.3 Å². The third kappa shape index (κ3) is 9.71. The van der Waals surface area contributed by atoms with Crippen LogP contribution >= 0.6 is 0 Å². The zero-order valence-corrected chi connectivity index (χ0v) is 16.4. The number of hydrogen-bond donors (Lipinski definition) is 2. The highest BCUT2D eigenvalue weighted by molar-refractivity contribution is 6.10. The van der Waals surface area contributed by atoms with Crippen molar-refractivity contribution in [1.82, 2.24) is 10.6 Å². The summed E-state index contributed by atoms with van der Waals surface area (Å²) in [4.78, 5) is 15.2. The Morgan fingerprint density at radius 1 is 1.28 bits per heavy atom. The van der Waals surface area contributed by atoms with Crippen LogP contribution in [-0.4, -0.2) is 25.2 Å². The summed E-state index contributed by atoms with van der Waals surface area (Å²) in [6.45, 7) is 11.6. The van der Waals surface area contributed by atoms with Crippen molar-refractivity contribution in [3.8, 4) is 6.07 Å². The van der Waals surface area contributed by atoms with Crippen LogP contribution < -0.4 is 10.6 Å². The molecule has 0 aromatic rings. The molecule has 0 saturated heterocycles. The van der Waals surface area contributed by atoms with Crippen LogP contribution in [0, 0.1) is 23.2 Å². The lowest BCUT2D eigenvalue weighted by Gasteiger charge is -2.19. The Kier molecular flexibility index (Phi) is 13.1. The van der Waals surface area contributed by atoms with Gasteiger partial charge >= 0.3 is 0 Å². The summed E-state index contributed by atoms with van der Waals surface area (Å²) in [7, 11) is 0. The molecule has 0 heterocycles. The maximum Gasteiger partial charge on any atom is 0.211 e. The van der Waals surface area contributed by atoms with Gasteiger partial charge in [-0.15, -0.1) is 0 Å². The standard InChI is InChI=1S/C20H34N4O/c1-6-9-11-16(4)12-19(24-15-25)17(5)14-23-18(10-7-2)20(13-21)22-8-3/h10,12,15-17,23H,6-9,11,14H2,1-5H3,(H,24,25)/b18-10+,19-12+,22-20-/t16-,17?/m1/s1. The number of rotatable bonds is 13. The summed E-state index contributed by atoms with van der Waals surface area (Å²) in [5.74, 6) is 0.544. The Bertz CT molecular complexity index is 514. The summed E-state index contributed by atoms with van der Waals surface area (Å²) in [6.07, 6.45) is 9.15. The smallest absolute Gasteiger partial charge is 0.211 e. The largest absolute Gasteiger partial charge is 0.382 e. The van der Waals surface area contributed by atoms with Gasteiger partial charge < -0.3 is 10.6 Å². The van der Waals surface area contributed by atoms with E-state index < -0.39 is 0 Å². The zero-order valence-electron chi connectivity index (χ0n) is 16.4. The highest BCUT2D eigenvalue weighted by Crippen LogP contribution is 2.15. The first kappa shape index (κ1) is 22.9. The minimum atomic E-state index is 0.121. The van der Waals surface area contributed by atoms with E-state index in [9.17, 15) is 10.1 Å². The molecule has 0 rings (SSSR count). The van der Waals surface area contributed by atoms with E-state index in [1.807, 2.05) is 19.9 Å². The molecule has 5 nitrogen and oxygen atoms in total. The Hall–Kier alpha value is -2.09. The number of carbonyl (C=O) groups excluding carboxylic acids is 1. The van der Waals surface area contributed by atoms with Crippen molar-refractivity contribution in [3.63, 3.8) is 0 Å². The number of hydrogen-bond acceptors (Lipinski definition) is 4. The topological polar surface area (TPSA) is 77.3 Å². The van der Waals surface area contributed by atoms with Crippen molar-refractivity contribution in [3.05, 3.63) is 23.5 Å². The maximum atomic E-state index is 10.9. The number of amides is 1. The lowest BCUT2D eigenvalue weighted by atomic mass is 9.98. The van der Waals surface area contributed by atoms with Gasteiger partial charge in [-0.05, 0) is 25.7 Å². The van der Waals surface area contributed by atoms with Crippen LogP contribution in [0.15, 0.2) is 28.5 Å². The van der Waals surface area contributed by atoms with Crippen LogP contribution in [-0.2, 0) is 4.79 Å². The van der Waals surface area contributed by atoms with Crippen molar-refractivity contribution in [2.75, 3.05) is 13.1 Å². The Morgan fingerprint density at radius 2 is 2.00 bits per heavy atom. The van der Waals surface area contributed by atoms with Crippen LogP contribution in [0.3, 0.4) is 0 Å². The van der Waals surface area contributed by atoms with Crippen molar-refractivity contribution < 1.29 is 4.79 Å². The van der Waals surface area contributed by atoms with Gasteiger partial charge in [-0.25, -0.2) is 0 Å². The summed E-state index contributed by atoms with van der Waals surface area (Å²) >= 11 is 0. The zero-order chi connectivity index (χ0) is 19.1. The predicted molar refractivity (Wildman–Crippen MR) is 105 cm³/mol. The van der Waals surface area contributed by atoms with Gasteiger partial charge in [0.1, 0.15) is 6.07 Å². The molecule has 1 amide bonds. The molecule has 25 heavy (non-hydrogen) atoms. The molecular weight excluding hydrogens is 312 g/mol. The van der Waals surface area contributed by atoms with E-state index in [4.69, 9.17) is 0 Å². The van der Waals surface area contributed by atoms with Gasteiger partial charge in [0.25, 0.3) is 0 Å². The van der Waals surface area contributed by atoms with Crippen LogP contribution in [0.5, 0.6) is 0 Å². The van der Waals surface area contributed by atoms with Crippen molar-refractivity contribution in [1.29, 1.82) is 5.26 Å². The van der Waals surface area contributed by atoms with Crippen LogP contribution in [0.2, 0.25) is 0 Å². The Morgan fingerprint density at radius 3 is 2.52 bits per heavy atom. The minimum Gasteiger partial charge on any atom is -0.382 e. The van der Waals surface area contributed by atoms with E-state index in [0.29, 0.717) is 24.7 Å². The molecule has 0 aromatic carbocycles. The Balaban J connectivity index is 5.04. The molecule has 140 valence electrons. The molecule has 0 spiro atoms. The fourth-order valence-electron chi connectivity index (χ4n) is 2.51. The number of carbonyl (C=O) groups is 1. The third-order valence-corrected chi connectivity index (χ3v) is 3.92. The molecule has 0 fully saturated rings. The SMILES string of the molecule is CC/C=C(NCC(C)/C(=C\[C@H](C)CCCC)NC=O)\C(C#N)=N/CC. The number of nitrogens with zero attached hydrogens (tertiary/aromatic N) is 2. The lowest BCUT2D eigenvalue weighted by Crippen LogP contribution is -2.29. The fourth-order valence-corrected chi connectivity index (χ4v) is 2.51. The van der Waals surface area contributed by atoms with Gasteiger partial charge in [0.05, 0.1) is 5.70 Å². The Labute approximate surface area is 153 Å². The van der Waals surface area contributed by atoms with E-state index in [1.165, 1.54) is 12.8 Å². The minimum absolute atomic E-state index is 0.121. The van der Waals surface area contributed by atoms with E-state index in [-0.39, 0.29) is 5.92 Å². The maximum absolute atomic E-state index is 10.9. The van der Waals surface area contributed by atoms with Crippen LogP contribution in [0.25, 0.3) is 0 Å². The monoisotopic (exact) mass is 346 g/mol. The average molecular weight is 347 g/mol. The molecule has 0 bridgehead atoms. The summed E-state index contributed by atoms with van der Waals surface area (Å²) in [5, 5.41) is 15.4. The molecule has 0 aliphatic carbocycles. The van der Waals surface area contributed by atoms with E-state index in [0.717, 1.165) is 30.6 Å². The average Bonchev–Trinajstić information content (AvgIpc) is 2.61. The lowest BCUT2D eigenvalue weighted by molar-refractivity contribution is -0.109. The molecule has 0 aliphatic rings. The third-order valence-electron chi connectivity index (χ3n) is 3.92. The number of allylic oxidation sites excluding steroid dienone is 3. The summed E-state index contributed by atoms with van der Waals surface area (Å²) < 4.78 is 0. The van der Waals surface area contributed by atoms with Gasteiger partial charge in [0.15, 0.2) is 5.71 Å². The molecule has 2 N–H and O–H groups in total. The first-order chi connectivity index (χ1) is 12.0. The number of aliphatic imine (C=N–C) groups is 1. The second-order valence-corrected chi connectivity index (χ2v) is 6.25. The second kappa shape index (κ2) is 14.3. The highest BCUT2D eigenvalue weighted by atomic mass is 16.1. The van der Waals surface area contributed by atoms with Crippen molar-refractivity contribution >= 4 is 12.1 Å². The van der Waals surface area contributed by atoms with Gasteiger partial charge in [-0.1, -0.05) is 52.7 Å². The first-order valence-corrected chi connectivity index (χ1v) is 9.34. The van der Waals surface area contributed by atoms with E-state index in [1.54, 1.807) is 0 Å². The van der Waals surface area contributed by atoms with Crippen LogP contribution in [0.4, 0.5) is 0 Å². The van der Waals surface area contributed by atoms with Gasteiger partial charge in [0.2, 0.25) is 6.41 Å². The van der Waals surface area contributed by atoms with E-state index >= 15 is 0 Å². The molecule has 0 aromatic heterocycles. The number of nitrogens with one attached hydrogen (secondary N) is 2. The highest BCUT2D eigenvalue weighted by Gasteiger charge is 2.13. The number of unbranched alkanes of at least 4 members (excludes halogenated alkanes) is 1. The van der Waals surface area contributed by atoms with Gasteiger partial charge in [-0.3, -0.25) is 9.79 Å². The summed E-state index contributed by atoms with van der Waals surface area (Å²) in [6, 6.07) is 2.15. The van der Waals surface area contributed by atoms with Crippen molar-refractivity contribution in [2.45, 2.75) is 60.3 Å². The predicted octanol–water partition coefficient (Wildman–Crippen LogP) is 3.95. The first-order valence-electron chi connectivity index (χ1n) is 9.34. The molecule has 2 atom stereocenters. The fraction of sp³-hybridized carbons (Fsp3) is 0.650. The molecule has 1 unspecified atom stereocenters. The summed E-state index contributed by atoms with van der Waals surface area (Å²) in [5.41, 5.74) is 2.12. The van der Waals surface area contributed by atoms with E-state index in [2.05, 4.69) is 48.5 Å². The van der Waals surface area contributed by atoms with Crippen molar-refractivity contribution in [2.24, 2.45) is 16.8 Å². The molecule has 0 radical (unpaired) electrons. The molecule has 5 heteroatoms. The second-order valence-electron chi connectivity index (χ2n) is 6.25. The van der Waals surface area contributed by atoms with Gasteiger partial charge in [-0.2, -0.15) is 5.26 Å². The normalized spacial score (nSPS) is 15.3. The number of nitriles is 1. The molecule has 0 saturated carbocycles. The van der Waals surface area contributed by atoms with Gasteiger partial charge in [0, 0.05) is 24.7 Å². The quantitative estimate of drug-likeness (QED) is 0.391. The molecule has 0 aliphatic heterocycles. The molecular formula is C20H34N4O.